The van der Waals surface area contributed by atoms with E-state index in [0.717, 1.165) is 29.0 Å². The predicted octanol–water partition coefficient (Wildman–Crippen LogP) is 6.01. The van der Waals surface area contributed by atoms with Crippen LogP contribution in [0.5, 0.6) is 17.2 Å². The molecule has 0 bridgehead atoms. The summed E-state index contributed by atoms with van der Waals surface area (Å²) in [5.74, 6) is 1.18. The number of nitriles is 1. The Morgan fingerprint density at radius 1 is 1.02 bits per heavy atom. The van der Waals surface area contributed by atoms with Crippen molar-refractivity contribution < 1.29 is 19.0 Å². The van der Waals surface area contributed by atoms with Gasteiger partial charge in [0.25, 0.3) is 5.91 Å². The molecule has 0 aliphatic rings. The van der Waals surface area contributed by atoms with Gasteiger partial charge in [-0.1, -0.05) is 41.7 Å². The number of anilines is 2. The van der Waals surface area contributed by atoms with Gasteiger partial charge in [-0.2, -0.15) is 5.26 Å². The van der Waals surface area contributed by atoms with Crippen molar-refractivity contribution in [2.75, 3.05) is 44.6 Å². The van der Waals surface area contributed by atoms with E-state index in [1.54, 1.807) is 18.2 Å². The highest BCUT2D eigenvalue weighted by Gasteiger charge is 2.15. The van der Waals surface area contributed by atoms with Crippen LogP contribution in [0.15, 0.2) is 85.0 Å². The van der Waals surface area contributed by atoms with Gasteiger partial charge in [-0.05, 0) is 66.1 Å². The van der Waals surface area contributed by atoms with E-state index < -0.39 is 5.91 Å². The van der Waals surface area contributed by atoms with Gasteiger partial charge in [0.2, 0.25) is 5.13 Å². The summed E-state index contributed by atoms with van der Waals surface area (Å²) in [4.78, 5) is 14.9. The van der Waals surface area contributed by atoms with E-state index in [9.17, 15) is 10.1 Å². The van der Waals surface area contributed by atoms with E-state index in [-0.39, 0.29) is 5.57 Å². The quantitative estimate of drug-likeness (QED) is 0.0885. The van der Waals surface area contributed by atoms with E-state index in [0.29, 0.717) is 40.4 Å². The molecule has 0 saturated heterocycles. The van der Waals surface area contributed by atoms with Gasteiger partial charge in [0.05, 0.1) is 7.11 Å². The Balaban J connectivity index is 1.37. The molecule has 10 heteroatoms. The highest BCUT2D eigenvalue weighted by molar-refractivity contribution is 7.18. The number of rotatable bonds is 13. The third-order valence-corrected chi connectivity index (χ3v) is 6.96. The number of carbonyl (C=O) groups excluding carboxylic acids is 1. The summed E-state index contributed by atoms with van der Waals surface area (Å²) in [5.41, 5.74) is 3.50. The standard InChI is InChI=1S/C32H31N5O4S/c1-5-8-23-9-6-7-10-27(23)40-17-18-41-28-16-11-22(20-29(28)39-4)19-25(21-33)30(38)34-32-36-35-31(42-32)24-12-14-26(15-13-24)37(2)3/h5-7,9-16,19-20H,1,8,17-18H2,2-4H3,(H,34,36,38)/b25-19-. The van der Waals surface area contributed by atoms with Gasteiger partial charge < -0.3 is 19.1 Å². The van der Waals surface area contributed by atoms with Gasteiger partial charge in [0, 0.05) is 25.3 Å². The summed E-state index contributed by atoms with van der Waals surface area (Å²) in [6.45, 7) is 4.42. The molecular weight excluding hydrogens is 550 g/mol. The molecule has 0 saturated carbocycles. The van der Waals surface area contributed by atoms with Crippen molar-refractivity contribution in [3.63, 3.8) is 0 Å². The molecule has 1 aromatic heterocycles. The first kappa shape index (κ1) is 29.8. The topological polar surface area (TPSA) is 110 Å². The summed E-state index contributed by atoms with van der Waals surface area (Å²) in [7, 11) is 5.46. The lowest BCUT2D eigenvalue weighted by molar-refractivity contribution is -0.112. The van der Waals surface area contributed by atoms with Crippen LogP contribution in [0.3, 0.4) is 0 Å². The van der Waals surface area contributed by atoms with Crippen LogP contribution < -0.4 is 24.4 Å². The SMILES string of the molecule is C=CCc1ccccc1OCCOc1ccc(/C=C(/C#N)C(=O)Nc2nnc(-c3ccc(N(C)C)cc3)s2)cc1OC. The van der Waals surface area contributed by atoms with Crippen LogP contribution in [-0.2, 0) is 11.2 Å². The van der Waals surface area contributed by atoms with Crippen molar-refractivity contribution in [3.05, 3.63) is 96.1 Å². The zero-order valence-corrected chi connectivity index (χ0v) is 24.5. The van der Waals surface area contributed by atoms with E-state index in [4.69, 9.17) is 14.2 Å². The minimum Gasteiger partial charge on any atom is -0.493 e. The number of nitrogens with one attached hydrogen (secondary N) is 1. The molecule has 0 fully saturated rings. The smallest absolute Gasteiger partial charge is 0.268 e. The number of nitrogens with zero attached hydrogens (tertiary/aromatic N) is 4. The molecule has 0 spiro atoms. The molecule has 214 valence electrons. The number of carbonyl (C=O) groups is 1. The van der Waals surface area contributed by atoms with E-state index in [1.165, 1.54) is 24.5 Å². The minimum atomic E-state index is -0.587. The van der Waals surface area contributed by atoms with E-state index in [1.807, 2.05) is 79.7 Å². The van der Waals surface area contributed by atoms with Crippen molar-refractivity contribution in [2.24, 2.45) is 0 Å². The van der Waals surface area contributed by atoms with Crippen LogP contribution in [0.4, 0.5) is 10.8 Å². The number of hydrogen-bond donors (Lipinski definition) is 1. The lowest BCUT2D eigenvalue weighted by Gasteiger charge is -2.13. The third kappa shape index (κ3) is 7.74. The first-order valence-electron chi connectivity index (χ1n) is 13.1. The average Bonchev–Trinajstić information content (AvgIpc) is 3.47. The molecule has 1 amide bonds. The van der Waals surface area contributed by atoms with Gasteiger partial charge in [-0.15, -0.1) is 16.8 Å². The molecule has 0 unspecified atom stereocenters. The van der Waals surface area contributed by atoms with Crippen molar-refractivity contribution in [3.8, 4) is 33.9 Å². The molecular formula is C32H31N5O4S. The molecule has 0 atom stereocenters. The second-order valence-electron chi connectivity index (χ2n) is 9.19. The molecule has 0 aliphatic heterocycles. The fourth-order valence-electron chi connectivity index (χ4n) is 3.94. The first-order valence-corrected chi connectivity index (χ1v) is 13.9. The Labute approximate surface area is 249 Å². The van der Waals surface area contributed by atoms with Crippen molar-refractivity contribution in [2.45, 2.75) is 6.42 Å². The molecule has 0 radical (unpaired) electrons. The molecule has 3 aromatic carbocycles. The van der Waals surface area contributed by atoms with Crippen LogP contribution in [0.25, 0.3) is 16.6 Å². The number of allylic oxidation sites excluding steroid dienone is 1. The summed E-state index contributed by atoms with van der Waals surface area (Å²) in [6.07, 6.45) is 4.03. The maximum atomic E-state index is 12.8. The largest absolute Gasteiger partial charge is 0.493 e. The molecule has 4 aromatic rings. The Kier molecular flexibility index (Phi) is 10.3. The zero-order valence-electron chi connectivity index (χ0n) is 23.7. The highest BCUT2D eigenvalue weighted by atomic mass is 32.1. The maximum Gasteiger partial charge on any atom is 0.268 e. The first-order chi connectivity index (χ1) is 20.4. The zero-order chi connectivity index (χ0) is 29.9. The molecule has 1 heterocycles. The highest BCUT2D eigenvalue weighted by Crippen LogP contribution is 2.30. The van der Waals surface area contributed by atoms with Gasteiger partial charge >= 0.3 is 0 Å². The Hall–Kier alpha value is -5.14. The van der Waals surface area contributed by atoms with Crippen molar-refractivity contribution in [1.82, 2.24) is 10.2 Å². The number of hydrogen-bond acceptors (Lipinski definition) is 9. The number of aromatic nitrogens is 2. The second kappa shape index (κ2) is 14.5. The predicted molar refractivity (Wildman–Crippen MR) is 166 cm³/mol. The Morgan fingerprint density at radius 3 is 2.45 bits per heavy atom. The molecule has 4 rings (SSSR count). The average molecular weight is 582 g/mol. The summed E-state index contributed by atoms with van der Waals surface area (Å²) >= 11 is 1.23. The van der Waals surface area contributed by atoms with Crippen LogP contribution in [0.2, 0.25) is 0 Å². The third-order valence-electron chi connectivity index (χ3n) is 6.08. The van der Waals surface area contributed by atoms with Gasteiger partial charge in [0.15, 0.2) is 11.5 Å². The normalized spacial score (nSPS) is 10.9. The number of para-hydroxylation sites is 1. The minimum absolute atomic E-state index is 0.0932. The Morgan fingerprint density at radius 2 is 1.76 bits per heavy atom. The van der Waals surface area contributed by atoms with Crippen LogP contribution in [-0.4, -0.2) is 50.5 Å². The Bertz CT molecular complexity index is 1610. The van der Waals surface area contributed by atoms with Crippen molar-refractivity contribution in [1.29, 1.82) is 5.26 Å². The number of methoxy groups -OCH3 is 1. The number of ether oxygens (including phenoxy) is 3. The van der Waals surface area contributed by atoms with Crippen LogP contribution >= 0.6 is 11.3 Å². The fourth-order valence-corrected chi connectivity index (χ4v) is 4.68. The molecule has 42 heavy (non-hydrogen) atoms. The lowest BCUT2D eigenvalue weighted by Crippen LogP contribution is -2.13. The van der Waals surface area contributed by atoms with Gasteiger partial charge in [-0.3, -0.25) is 10.1 Å². The van der Waals surface area contributed by atoms with E-state index in [2.05, 4.69) is 22.1 Å². The van der Waals surface area contributed by atoms with Crippen LogP contribution in [0, 0.1) is 11.3 Å². The van der Waals surface area contributed by atoms with Crippen LogP contribution in [0.1, 0.15) is 11.1 Å². The van der Waals surface area contributed by atoms with Gasteiger partial charge in [0.1, 0.15) is 35.6 Å². The molecule has 0 aliphatic carbocycles. The summed E-state index contributed by atoms with van der Waals surface area (Å²) < 4.78 is 17.2. The maximum absolute atomic E-state index is 12.8. The molecule has 1 N–H and O–H groups in total. The van der Waals surface area contributed by atoms with Crippen molar-refractivity contribution >= 4 is 34.1 Å². The monoisotopic (exact) mass is 581 g/mol. The number of amides is 1. The summed E-state index contributed by atoms with van der Waals surface area (Å²) in [6, 6.07) is 22.8. The molecule has 9 nitrogen and oxygen atoms in total. The fraction of sp³-hybridized carbons (Fsp3) is 0.188. The van der Waals surface area contributed by atoms with Gasteiger partial charge in [-0.25, -0.2) is 0 Å². The lowest BCUT2D eigenvalue weighted by atomic mass is 10.1. The van der Waals surface area contributed by atoms with E-state index >= 15 is 0 Å². The number of benzene rings is 3. The second-order valence-corrected chi connectivity index (χ2v) is 10.2. The summed E-state index contributed by atoms with van der Waals surface area (Å²) in [5, 5.41) is 21.5.